The van der Waals surface area contributed by atoms with Crippen molar-refractivity contribution < 1.29 is 4.42 Å². The van der Waals surface area contributed by atoms with Gasteiger partial charge in [-0.1, -0.05) is 0 Å². The minimum atomic E-state index is 0.319. The Morgan fingerprint density at radius 1 is 1.44 bits per heavy atom. The molecule has 0 spiro atoms. The molecule has 3 heteroatoms. The summed E-state index contributed by atoms with van der Waals surface area (Å²) in [6, 6.07) is 4.04. The molecule has 2 heterocycles. The third kappa shape index (κ3) is 2.66. The van der Waals surface area contributed by atoms with E-state index in [1.165, 1.54) is 32.4 Å². The SMILES string of the molecule is CNC1(CCc2ccco2)CCN(C)CC1. The maximum Gasteiger partial charge on any atom is 0.103 e. The topological polar surface area (TPSA) is 28.4 Å². The zero-order valence-corrected chi connectivity index (χ0v) is 10.3. The second-order valence-corrected chi connectivity index (χ2v) is 4.91. The molecule has 2 rings (SSSR count). The van der Waals surface area contributed by atoms with Gasteiger partial charge in [-0.15, -0.1) is 0 Å². The number of nitrogens with zero attached hydrogens (tertiary/aromatic N) is 1. The van der Waals surface area contributed by atoms with Crippen LogP contribution in [0.3, 0.4) is 0 Å². The van der Waals surface area contributed by atoms with E-state index in [-0.39, 0.29) is 0 Å². The minimum absolute atomic E-state index is 0.319. The van der Waals surface area contributed by atoms with Crippen LogP contribution in [0.1, 0.15) is 25.0 Å². The molecular weight excluding hydrogens is 200 g/mol. The zero-order chi connectivity index (χ0) is 11.4. The van der Waals surface area contributed by atoms with Gasteiger partial charge in [-0.2, -0.15) is 0 Å². The fourth-order valence-electron chi connectivity index (χ4n) is 2.49. The first-order valence-electron chi connectivity index (χ1n) is 6.14. The van der Waals surface area contributed by atoms with Gasteiger partial charge in [0.15, 0.2) is 0 Å². The van der Waals surface area contributed by atoms with E-state index in [9.17, 15) is 0 Å². The van der Waals surface area contributed by atoms with Crippen LogP contribution in [-0.2, 0) is 6.42 Å². The maximum absolute atomic E-state index is 5.40. The van der Waals surface area contributed by atoms with E-state index in [2.05, 4.69) is 30.4 Å². The summed E-state index contributed by atoms with van der Waals surface area (Å²) >= 11 is 0. The molecule has 1 aliphatic rings. The van der Waals surface area contributed by atoms with Gasteiger partial charge >= 0.3 is 0 Å². The van der Waals surface area contributed by atoms with Gasteiger partial charge in [0, 0.05) is 12.0 Å². The Labute approximate surface area is 97.8 Å². The van der Waals surface area contributed by atoms with Gasteiger partial charge in [-0.3, -0.25) is 0 Å². The van der Waals surface area contributed by atoms with E-state index in [0.29, 0.717) is 5.54 Å². The van der Waals surface area contributed by atoms with Gasteiger partial charge in [0.1, 0.15) is 5.76 Å². The van der Waals surface area contributed by atoms with E-state index >= 15 is 0 Å². The van der Waals surface area contributed by atoms with Crippen LogP contribution >= 0.6 is 0 Å². The molecule has 0 radical (unpaired) electrons. The first kappa shape index (κ1) is 11.7. The van der Waals surface area contributed by atoms with Crippen molar-refractivity contribution in [2.24, 2.45) is 0 Å². The third-order valence-corrected chi connectivity index (χ3v) is 3.90. The number of rotatable bonds is 4. The predicted octanol–water partition coefficient (Wildman–Crippen LogP) is 1.90. The summed E-state index contributed by atoms with van der Waals surface area (Å²) in [4.78, 5) is 2.41. The molecular formula is C13H22N2O. The standard InChI is InChI=1S/C13H22N2O/c1-14-13(7-9-15(2)10-8-13)6-5-12-4-3-11-16-12/h3-4,11,14H,5-10H2,1-2H3. The average Bonchev–Trinajstić information content (AvgIpc) is 2.82. The molecule has 1 aromatic rings. The van der Waals surface area contributed by atoms with Crippen LogP contribution in [0.4, 0.5) is 0 Å². The molecule has 0 atom stereocenters. The summed E-state index contributed by atoms with van der Waals surface area (Å²) in [7, 11) is 4.29. The zero-order valence-electron chi connectivity index (χ0n) is 10.3. The highest BCUT2D eigenvalue weighted by Gasteiger charge is 2.31. The Bertz CT molecular complexity index is 300. The molecule has 0 unspecified atom stereocenters. The molecule has 0 aliphatic carbocycles. The summed E-state index contributed by atoms with van der Waals surface area (Å²) < 4.78 is 5.40. The van der Waals surface area contributed by atoms with Gasteiger partial charge < -0.3 is 14.6 Å². The fourth-order valence-corrected chi connectivity index (χ4v) is 2.49. The van der Waals surface area contributed by atoms with Gasteiger partial charge in [0.05, 0.1) is 6.26 Å². The van der Waals surface area contributed by atoms with Crippen LogP contribution in [0.15, 0.2) is 22.8 Å². The molecule has 1 N–H and O–H groups in total. The number of likely N-dealkylation sites (tertiary alicyclic amines) is 1. The highest BCUT2D eigenvalue weighted by molar-refractivity contribution is 5.01. The lowest BCUT2D eigenvalue weighted by atomic mass is 9.83. The lowest BCUT2D eigenvalue weighted by molar-refractivity contribution is 0.154. The monoisotopic (exact) mass is 222 g/mol. The Morgan fingerprint density at radius 2 is 2.19 bits per heavy atom. The molecule has 1 aromatic heterocycles. The van der Waals surface area contributed by atoms with Crippen molar-refractivity contribution in [3.05, 3.63) is 24.2 Å². The quantitative estimate of drug-likeness (QED) is 0.843. The van der Waals surface area contributed by atoms with Gasteiger partial charge in [0.2, 0.25) is 0 Å². The van der Waals surface area contributed by atoms with Crippen molar-refractivity contribution >= 4 is 0 Å². The molecule has 0 bridgehead atoms. The van der Waals surface area contributed by atoms with E-state index in [4.69, 9.17) is 4.42 Å². The van der Waals surface area contributed by atoms with Crippen LogP contribution in [0, 0.1) is 0 Å². The number of furan rings is 1. The largest absolute Gasteiger partial charge is 0.469 e. The molecule has 90 valence electrons. The second kappa shape index (κ2) is 5.02. The number of nitrogens with one attached hydrogen (secondary N) is 1. The molecule has 3 nitrogen and oxygen atoms in total. The van der Waals surface area contributed by atoms with Crippen LogP contribution in [-0.4, -0.2) is 37.6 Å². The van der Waals surface area contributed by atoms with Gasteiger partial charge in [-0.05, 0) is 58.6 Å². The highest BCUT2D eigenvalue weighted by atomic mass is 16.3. The van der Waals surface area contributed by atoms with Crippen molar-refractivity contribution in [3.8, 4) is 0 Å². The van der Waals surface area contributed by atoms with E-state index < -0.39 is 0 Å². The normalized spacial score (nSPS) is 21.1. The van der Waals surface area contributed by atoms with Gasteiger partial charge in [-0.25, -0.2) is 0 Å². The van der Waals surface area contributed by atoms with Crippen molar-refractivity contribution in [2.75, 3.05) is 27.2 Å². The third-order valence-electron chi connectivity index (χ3n) is 3.90. The lowest BCUT2D eigenvalue weighted by Crippen LogP contribution is -2.51. The average molecular weight is 222 g/mol. The number of hydrogen-bond donors (Lipinski definition) is 1. The Balaban J connectivity index is 1.89. The molecule has 0 aromatic carbocycles. The van der Waals surface area contributed by atoms with Crippen molar-refractivity contribution in [2.45, 2.75) is 31.2 Å². The Morgan fingerprint density at radius 3 is 2.75 bits per heavy atom. The van der Waals surface area contributed by atoms with Crippen LogP contribution in [0.5, 0.6) is 0 Å². The summed E-state index contributed by atoms with van der Waals surface area (Å²) in [5, 5.41) is 3.53. The van der Waals surface area contributed by atoms with Crippen molar-refractivity contribution in [1.29, 1.82) is 0 Å². The number of aryl methyl sites for hydroxylation is 1. The Kier molecular flexibility index (Phi) is 3.66. The first-order chi connectivity index (χ1) is 7.74. The predicted molar refractivity (Wildman–Crippen MR) is 65.6 cm³/mol. The lowest BCUT2D eigenvalue weighted by Gasteiger charge is -2.40. The van der Waals surface area contributed by atoms with Crippen molar-refractivity contribution in [1.82, 2.24) is 10.2 Å². The number of piperidine rings is 1. The smallest absolute Gasteiger partial charge is 0.103 e. The molecule has 16 heavy (non-hydrogen) atoms. The Hall–Kier alpha value is -0.800. The van der Waals surface area contributed by atoms with Gasteiger partial charge in [0.25, 0.3) is 0 Å². The molecule has 1 fully saturated rings. The van der Waals surface area contributed by atoms with E-state index in [1.54, 1.807) is 6.26 Å². The summed E-state index contributed by atoms with van der Waals surface area (Å²) in [6.07, 6.45) is 6.44. The van der Waals surface area contributed by atoms with Crippen LogP contribution in [0.2, 0.25) is 0 Å². The van der Waals surface area contributed by atoms with E-state index in [1.807, 2.05) is 6.07 Å². The second-order valence-electron chi connectivity index (χ2n) is 4.91. The molecule has 0 saturated carbocycles. The minimum Gasteiger partial charge on any atom is -0.469 e. The maximum atomic E-state index is 5.40. The number of hydrogen-bond acceptors (Lipinski definition) is 3. The van der Waals surface area contributed by atoms with Crippen LogP contribution < -0.4 is 5.32 Å². The van der Waals surface area contributed by atoms with Crippen molar-refractivity contribution in [3.63, 3.8) is 0 Å². The van der Waals surface area contributed by atoms with E-state index in [0.717, 1.165) is 12.2 Å². The summed E-state index contributed by atoms with van der Waals surface area (Å²) in [5.41, 5.74) is 0.319. The summed E-state index contributed by atoms with van der Waals surface area (Å²) in [5.74, 6) is 1.11. The molecule has 1 saturated heterocycles. The highest BCUT2D eigenvalue weighted by Crippen LogP contribution is 2.26. The first-order valence-corrected chi connectivity index (χ1v) is 6.14. The van der Waals surface area contributed by atoms with Crippen LogP contribution in [0.25, 0.3) is 0 Å². The molecule has 0 amide bonds. The fraction of sp³-hybridized carbons (Fsp3) is 0.692. The molecule has 1 aliphatic heterocycles. The summed E-state index contributed by atoms with van der Waals surface area (Å²) in [6.45, 7) is 2.39.